The Labute approximate surface area is 102 Å². The molecule has 6 heteroatoms. The van der Waals surface area contributed by atoms with Gasteiger partial charge in [0.05, 0.1) is 6.61 Å². The van der Waals surface area contributed by atoms with Crippen LogP contribution in [0.25, 0.3) is 0 Å². The first kappa shape index (κ1) is 15.9. The molecule has 0 aromatic rings. The lowest BCUT2D eigenvalue weighted by Crippen LogP contribution is -2.30. The van der Waals surface area contributed by atoms with Gasteiger partial charge in [-0.15, -0.1) is 0 Å². The van der Waals surface area contributed by atoms with E-state index < -0.39 is 5.97 Å². The van der Waals surface area contributed by atoms with Crippen molar-refractivity contribution >= 4 is 11.9 Å². The van der Waals surface area contributed by atoms with Crippen LogP contribution in [-0.2, 0) is 14.3 Å². The molecule has 3 N–H and O–H groups in total. The first-order valence-corrected chi connectivity index (χ1v) is 5.85. The quantitative estimate of drug-likeness (QED) is 0.446. The molecule has 6 nitrogen and oxygen atoms in total. The molecule has 100 valence electrons. The molecule has 0 bridgehead atoms. The topological polar surface area (TPSA) is 87.7 Å². The lowest BCUT2D eigenvalue weighted by atomic mass is 10.2. The molecule has 0 aliphatic rings. The zero-order valence-electron chi connectivity index (χ0n) is 10.3. The standard InChI is InChI=1S/C11H22N2O4/c1-17-9-8-13-10(14)5-7-12-6-3-2-4-11(15)16/h12H,2-9H2,1H3,(H,13,14)(H,15,16). The van der Waals surface area contributed by atoms with Crippen LogP contribution in [0.1, 0.15) is 25.7 Å². The molecule has 0 spiro atoms. The highest BCUT2D eigenvalue weighted by atomic mass is 16.5. The van der Waals surface area contributed by atoms with Gasteiger partial charge in [0.25, 0.3) is 0 Å². The average molecular weight is 246 g/mol. The minimum Gasteiger partial charge on any atom is -0.481 e. The van der Waals surface area contributed by atoms with E-state index in [0.29, 0.717) is 32.5 Å². The fraction of sp³-hybridized carbons (Fsp3) is 0.818. The van der Waals surface area contributed by atoms with Crippen LogP contribution >= 0.6 is 0 Å². The monoisotopic (exact) mass is 246 g/mol. The molecule has 0 aromatic heterocycles. The van der Waals surface area contributed by atoms with E-state index in [0.717, 1.165) is 13.0 Å². The third-order valence-corrected chi connectivity index (χ3v) is 2.15. The van der Waals surface area contributed by atoms with Gasteiger partial charge in [-0.3, -0.25) is 9.59 Å². The van der Waals surface area contributed by atoms with Crippen molar-refractivity contribution in [3.05, 3.63) is 0 Å². The first-order chi connectivity index (χ1) is 8.16. The second kappa shape index (κ2) is 11.3. The fourth-order valence-corrected chi connectivity index (χ4v) is 1.23. The summed E-state index contributed by atoms with van der Waals surface area (Å²) in [5, 5.41) is 14.2. The summed E-state index contributed by atoms with van der Waals surface area (Å²) in [6, 6.07) is 0. The Hall–Kier alpha value is -1.14. The molecule has 0 aliphatic heterocycles. The molecular formula is C11H22N2O4. The Morgan fingerprint density at radius 3 is 2.53 bits per heavy atom. The van der Waals surface area contributed by atoms with Gasteiger partial charge in [0.1, 0.15) is 0 Å². The number of carbonyl (C=O) groups is 2. The van der Waals surface area contributed by atoms with Crippen molar-refractivity contribution in [3.8, 4) is 0 Å². The van der Waals surface area contributed by atoms with E-state index in [1.807, 2.05) is 0 Å². The number of carboxylic acids is 1. The van der Waals surface area contributed by atoms with Gasteiger partial charge in [0.15, 0.2) is 0 Å². The van der Waals surface area contributed by atoms with Gasteiger partial charge in [-0.25, -0.2) is 0 Å². The van der Waals surface area contributed by atoms with Crippen molar-refractivity contribution in [2.45, 2.75) is 25.7 Å². The van der Waals surface area contributed by atoms with E-state index >= 15 is 0 Å². The molecule has 0 atom stereocenters. The van der Waals surface area contributed by atoms with Crippen LogP contribution in [0.2, 0.25) is 0 Å². The Morgan fingerprint density at radius 2 is 1.88 bits per heavy atom. The summed E-state index contributed by atoms with van der Waals surface area (Å²) < 4.78 is 4.80. The SMILES string of the molecule is COCCNC(=O)CCNCCCCC(=O)O. The maximum absolute atomic E-state index is 11.2. The number of rotatable bonds is 11. The minimum atomic E-state index is -0.762. The van der Waals surface area contributed by atoms with Crippen molar-refractivity contribution in [1.82, 2.24) is 10.6 Å². The zero-order valence-corrected chi connectivity index (χ0v) is 10.3. The van der Waals surface area contributed by atoms with Crippen molar-refractivity contribution in [3.63, 3.8) is 0 Å². The Kier molecular flexibility index (Phi) is 10.6. The average Bonchev–Trinajstić information content (AvgIpc) is 2.28. The smallest absolute Gasteiger partial charge is 0.303 e. The molecule has 0 fully saturated rings. The second-order valence-corrected chi connectivity index (χ2v) is 3.69. The summed E-state index contributed by atoms with van der Waals surface area (Å²) in [4.78, 5) is 21.4. The van der Waals surface area contributed by atoms with Gasteiger partial charge < -0.3 is 20.5 Å². The number of hydrogen-bond acceptors (Lipinski definition) is 4. The van der Waals surface area contributed by atoms with E-state index in [4.69, 9.17) is 9.84 Å². The van der Waals surface area contributed by atoms with Gasteiger partial charge in [0, 0.05) is 33.0 Å². The summed E-state index contributed by atoms with van der Waals surface area (Å²) in [5.74, 6) is -0.761. The number of carboxylic acid groups (broad SMARTS) is 1. The second-order valence-electron chi connectivity index (χ2n) is 3.69. The molecule has 0 heterocycles. The number of hydrogen-bond donors (Lipinski definition) is 3. The van der Waals surface area contributed by atoms with Crippen LogP contribution < -0.4 is 10.6 Å². The summed E-state index contributed by atoms with van der Waals surface area (Å²) in [6.07, 6.45) is 2.13. The number of nitrogens with one attached hydrogen (secondary N) is 2. The maximum atomic E-state index is 11.2. The number of unbranched alkanes of at least 4 members (excludes halogenated alkanes) is 1. The third-order valence-electron chi connectivity index (χ3n) is 2.15. The zero-order chi connectivity index (χ0) is 12.9. The van der Waals surface area contributed by atoms with Crippen LogP contribution in [-0.4, -0.2) is 50.3 Å². The molecule has 1 amide bonds. The number of aliphatic carboxylic acids is 1. The Morgan fingerprint density at radius 1 is 1.12 bits per heavy atom. The maximum Gasteiger partial charge on any atom is 0.303 e. The van der Waals surface area contributed by atoms with Gasteiger partial charge in [-0.2, -0.15) is 0 Å². The van der Waals surface area contributed by atoms with Crippen LogP contribution in [0.4, 0.5) is 0 Å². The van der Waals surface area contributed by atoms with E-state index in [9.17, 15) is 9.59 Å². The lowest BCUT2D eigenvalue weighted by molar-refractivity contribution is -0.137. The highest BCUT2D eigenvalue weighted by Crippen LogP contribution is 1.93. The van der Waals surface area contributed by atoms with Crippen LogP contribution in [0.15, 0.2) is 0 Å². The van der Waals surface area contributed by atoms with Crippen LogP contribution in [0.3, 0.4) is 0 Å². The molecule has 0 saturated heterocycles. The number of carbonyl (C=O) groups excluding carboxylic acids is 1. The van der Waals surface area contributed by atoms with Crippen LogP contribution in [0.5, 0.6) is 0 Å². The Bertz CT molecular complexity index is 222. The highest BCUT2D eigenvalue weighted by Gasteiger charge is 2.00. The summed E-state index contributed by atoms with van der Waals surface area (Å²) >= 11 is 0. The van der Waals surface area contributed by atoms with E-state index in [1.165, 1.54) is 0 Å². The molecule has 17 heavy (non-hydrogen) atoms. The summed E-state index contributed by atoms with van der Waals surface area (Å²) in [6.45, 7) is 2.42. The number of methoxy groups -OCH3 is 1. The van der Waals surface area contributed by atoms with Crippen molar-refractivity contribution in [1.29, 1.82) is 0 Å². The third kappa shape index (κ3) is 12.8. The summed E-state index contributed by atoms with van der Waals surface area (Å²) in [7, 11) is 1.59. The Balaban J connectivity index is 3.16. The van der Waals surface area contributed by atoms with Crippen molar-refractivity contribution in [2.75, 3.05) is 33.4 Å². The minimum absolute atomic E-state index is 0.0000796. The fourth-order valence-electron chi connectivity index (χ4n) is 1.23. The highest BCUT2D eigenvalue weighted by molar-refractivity contribution is 5.76. The van der Waals surface area contributed by atoms with Crippen molar-refractivity contribution in [2.24, 2.45) is 0 Å². The van der Waals surface area contributed by atoms with Gasteiger partial charge in [-0.05, 0) is 19.4 Å². The molecule has 0 unspecified atom stereocenters. The molecule has 0 aliphatic carbocycles. The van der Waals surface area contributed by atoms with Gasteiger partial charge >= 0.3 is 5.97 Å². The first-order valence-electron chi connectivity index (χ1n) is 5.85. The predicted octanol–water partition coefficient (Wildman–Crippen LogP) is -0.0164. The van der Waals surface area contributed by atoms with Gasteiger partial charge in [-0.1, -0.05) is 0 Å². The van der Waals surface area contributed by atoms with Crippen LogP contribution in [0, 0.1) is 0 Å². The van der Waals surface area contributed by atoms with Crippen molar-refractivity contribution < 1.29 is 19.4 Å². The van der Waals surface area contributed by atoms with E-state index in [2.05, 4.69) is 10.6 Å². The summed E-state index contributed by atoms with van der Waals surface area (Å²) in [5.41, 5.74) is 0. The van der Waals surface area contributed by atoms with E-state index in [1.54, 1.807) is 7.11 Å². The van der Waals surface area contributed by atoms with E-state index in [-0.39, 0.29) is 12.3 Å². The van der Waals surface area contributed by atoms with Gasteiger partial charge in [0.2, 0.25) is 5.91 Å². The predicted molar refractivity (Wildman–Crippen MR) is 63.9 cm³/mol. The number of ether oxygens (including phenoxy) is 1. The number of amides is 1. The lowest BCUT2D eigenvalue weighted by Gasteiger charge is -2.05. The molecule has 0 radical (unpaired) electrons. The molecule has 0 rings (SSSR count). The molecular weight excluding hydrogens is 224 g/mol. The molecule has 0 aromatic carbocycles. The largest absolute Gasteiger partial charge is 0.481 e. The normalized spacial score (nSPS) is 10.2. The molecule has 0 saturated carbocycles.